The van der Waals surface area contributed by atoms with Crippen molar-refractivity contribution < 1.29 is 29.3 Å². The van der Waals surface area contributed by atoms with Gasteiger partial charge in [0.15, 0.2) is 5.54 Å². The van der Waals surface area contributed by atoms with Crippen LogP contribution in [-0.2, 0) is 27.2 Å². The Bertz CT molecular complexity index is 1400. The number of hydrogen-bond acceptors (Lipinski definition) is 6. The molecule has 0 aliphatic carbocycles. The number of amides is 2. The van der Waals surface area contributed by atoms with Gasteiger partial charge in [0.25, 0.3) is 0 Å². The summed E-state index contributed by atoms with van der Waals surface area (Å²) in [6.07, 6.45) is 1.20. The molecule has 8 heteroatoms. The topological polar surface area (TPSA) is 116 Å². The number of hydrogen-bond donors (Lipinski definition) is 3. The minimum atomic E-state index is -2.01. The van der Waals surface area contributed by atoms with Gasteiger partial charge in [-0.3, -0.25) is 19.7 Å². The predicted molar refractivity (Wildman–Crippen MR) is 139 cm³/mol. The fraction of sp³-hybridized carbons (Fsp3) is 0.345. The Morgan fingerprint density at radius 1 is 0.973 bits per heavy atom. The molecule has 3 N–H and O–H groups in total. The molecule has 0 aromatic heterocycles. The summed E-state index contributed by atoms with van der Waals surface area (Å²) in [5.41, 5.74) is 0.874. The van der Waals surface area contributed by atoms with Crippen molar-refractivity contribution >= 4 is 34.2 Å². The van der Waals surface area contributed by atoms with Crippen molar-refractivity contribution in [2.24, 2.45) is 11.8 Å². The number of benzene rings is 3. The third-order valence-electron chi connectivity index (χ3n) is 7.95. The summed E-state index contributed by atoms with van der Waals surface area (Å²) in [6, 6.07) is 15.9. The molecule has 3 aromatic rings. The number of aryl methyl sites for hydroxylation is 2. The van der Waals surface area contributed by atoms with Crippen LogP contribution in [0.15, 0.2) is 54.6 Å². The van der Waals surface area contributed by atoms with E-state index in [1.807, 2.05) is 56.3 Å². The number of rotatable bonds is 7. The van der Waals surface area contributed by atoms with Crippen LogP contribution in [0.2, 0.25) is 0 Å². The number of carboxylic acids is 1. The largest absolute Gasteiger partial charge is 0.496 e. The molecule has 4 atom stereocenters. The Labute approximate surface area is 214 Å². The fourth-order valence-electron chi connectivity index (χ4n) is 6.15. The molecule has 0 bridgehead atoms. The first-order chi connectivity index (χ1) is 17.8. The molecule has 2 aliphatic heterocycles. The van der Waals surface area contributed by atoms with Crippen LogP contribution in [0.4, 0.5) is 5.69 Å². The molecular weight excluding hydrogens is 472 g/mol. The lowest BCUT2D eigenvalue weighted by Gasteiger charge is -2.30. The number of fused-ring (bicyclic) bond motifs is 2. The molecule has 2 heterocycles. The number of ether oxygens (including phenoxy) is 1. The summed E-state index contributed by atoms with van der Waals surface area (Å²) < 4.78 is 5.51. The van der Waals surface area contributed by atoms with Crippen molar-refractivity contribution in [3.63, 3.8) is 0 Å². The molecule has 0 radical (unpaired) electrons. The highest BCUT2D eigenvalue weighted by atomic mass is 16.5. The second kappa shape index (κ2) is 9.28. The standard InChI is InChI=1S/C29H30N2O6/c1-4-16-9-8-10-17(5-2)25(16)31-26(33)22-23(27(31)34)29(15-32,28(35)36)30-24(22)20-13-14-21(37-3)19-12-7-6-11-18(19)20/h6-14,22-24,30,32H,4-5,15H2,1-3H3,(H,35,36). The third-order valence-corrected chi connectivity index (χ3v) is 7.95. The number of carbonyl (C=O) groups excluding carboxylic acids is 2. The summed E-state index contributed by atoms with van der Waals surface area (Å²) in [4.78, 5) is 42.0. The quantitative estimate of drug-likeness (QED) is 0.425. The molecule has 3 aromatic carbocycles. The van der Waals surface area contributed by atoms with Crippen LogP contribution in [-0.4, -0.2) is 47.3 Å². The molecule has 2 amide bonds. The van der Waals surface area contributed by atoms with E-state index in [-0.39, 0.29) is 0 Å². The van der Waals surface area contributed by atoms with Crippen LogP contribution < -0.4 is 15.0 Å². The van der Waals surface area contributed by atoms with E-state index in [2.05, 4.69) is 5.32 Å². The number of carbonyl (C=O) groups is 3. The normalized spacial score (nSPS) is 25.1. The van der Waals surface area contributed by atoms with Crippen molar-refractivity contribution in [1.82, 2.24) is 5.32 Å². The summed E-state index contributed by atoms with van der Waals surface area (Å²) in [5, 5.41) is 25.3. The second-order valence-corrected chi connectivity index (χ2v) is 9.61. The smallest absolute Gasteiger partial charge is 0.327 e. The highest BCUT2D eigenvalue weighted by molar-refractivity contribution is 6.25. The minimum Gasteiger partial charge on any atom is -0.496 e. The zero-order valence-electron chi connectivity index (χ0n) is 21.0. The van der Waals surface area contributed by atoms with Crippen LogP contribution in [0, 0.1) is 11.8 Å². The van der Waals surface area contributed by atoms with Crippen molar-refractivity contribution in [2.75, 3.05) is 18.6 Å². The average molecular weight is 503 g/mol. The van der Waals surface area contributed by atoms with Crippen molar-refractivity contribution in [1.29, 1.82) is 0 Å². The van der Waals surface area contributed by atoms with E-state index in [0.717, 1.165) is 21.9 Å². The fourth-order valence-corrected chi connectivity index (χ4v) is 6.15. The maximum Gasteiger partial charge on any atom is 0.327 e. The molecule has 2 fully saturated rings. The number of aliphatic hydroxyl groups is 1. The van der Waals surface area contributed by atoms with Gasteiger partial charge in [-0.25, -0.2) is 4.90 Å². The molecule has 37 heavy (non-hydrogen) atoms. The van der Waals surface area contributed by atoms with Crippen molar-refractivity contribution in [2.45, 2.75) is 38.3 Å². The number of methoxy groups -OCH3 is 1. The Hall–Kier alpha value is -3.75. The highest BCUT2D eigenvalue weighted by Crippen LogP contribution is 2.52. The first-order valence-corrected chi connectivity index (χ1v) is 12.5. The number of nitrogens with one attached hydrogen (secondary N) is 1. The van der Waals surface area contributed by atoms with E-state index in [9.17, 15) is 24.6 Å². The zero-order valence-corrected chi connectivity index (χ0v) is 21.0. The van der Waals surface area contributed by atoms with Gasteiger partial charge in [0.05, 0.1) is 31.2 Å². The second-order valence-electron chi connectivity index (χ2n) is 9.61. The maximum absolute atomic E-state index is 14.2. The lowest BCUT2D eigenvalue weighted by molar-refractivity contribution is -0.150. The van der Waals surface area contributed by atoms with E-state index >= 15 is 0 Å². The first-order valence-electron chi connectivity index (χ1n) is 12.5. The number of anilines is 1. The van der Waals surface area contributed by atoms with Crippen molar-refractivity contribution in [3.05, 3.63) is 71.3 Å². The van der Waals surface area contributed by atoms with Crippen LogP contribution >= 0.6 is 0 Å². The van der Waals surface area contributed by atoms with Gasteiger partial charge in [0, 0.05) is 11.4 Å². The summed E-state index contributed by atoms with van der Waals surface area (Å²) in [6.45, 7) is 3.07. The summed E-state index contributed by atoms with van der Waals surface area (Å²) in [5.74, 6) is -4.08. The minimum absolute atomic E-state index is 0.459. The number of carboxylic acid groups (broad SMARTS) is 1. The van der Waals surface area contributed by atoms with E-state index in [1.54, 1.807) is 19.2 Å². The van der Waals surface area contributed by atoms with E-state index in [1.165, 1.54) is 4.90 Å². The first kappa shape index (κ1) is 24.9. The molecule has 2 aliphatic rings. The Balaban J connectivity index is 1.73. The van der Waals surface area contributed by atoms with Gasteiger partial charge >= 0.3 is 5.97 Å². The Morgan fingerprint density at radius 2 is 1.62 bits per heavy atom. The average Bonchev–Trinajstić information content (AvgIpc) is 3.41. The molecule has 5 rings (SSSR count). The molecule has 192 valence electrons. The zero-order chi connectivity index (χ0) is 26.5. The van der Waals surface area contributed by atoms with Crippen molar-refractivity contribution in [3.8, 4) is 5.75 Å². The van der Waals surface area contributed by atoms with Gasteiger partial charge in [0.1, 0.15) is 5.75 Å². The van der Waals surface area contributed by atoms with E-state index < -0.39 is 47.8 Å². The summed E-state index contributed by atoms with van der Waals surface area (Å²) in [7, 11) is 1.57. The number of aliphatic hydroxyl groups excluding tert-OH is 1. The van der Waals surface area contributed by atoms with E-state index in [4.69, 9.17) is 4.74 Å². The number of aliphatic carboxylic acids is 1. The van der Waals surface area contributed by atoms with Crippen LogP contribution in [0.1, 0.15) is 36.6 Å². The molecule has 0 saturated carbocycles. The third kappa shape index (κ3) is 3.47. The summed E-state index contributed by atoms with van der Waals surface area (Å²) >= 11 is 0. The van der Waals surface area contributed by atoms with Gasteiger partial charge < -0.3 is 14.9 Å². The number of para-hydroxylation sites is 1. The van der Waals surface area contributed by atoms with Gasteiger partial charge in [-0.15, -0.1) is 0 Å². The molecule has 2 saturated heterocycles. The predicted octanol–water partition coefficient (Wildman–Crippen LogP) is 3.24. The van der Waals surface area contributed by atoms with Gasteiger partial charge in [-0.2, -0.15) is 0 Å². The number of nitrogens with zero attached hydrogens (tertiary/aromatic N) is 1. The lowest BCUT2D eigenvalue weighted by atomic mass is 9.79. The molecule has 0 spiro atoms. The Kier molecular flexibility index (Phi) is 6.25. The van der Waals surface area contributed by atoms with Gasteiger partial charge in [0.2, 0.25) is 11.8 Å². The monoisotopic (exact) mass is 502 g/mol. The SMILES string of the molecule is CCc1cccc(CC)c1N1C(=O)C2C(c3ccc(OC)c4ccccc34)NC(CO)(C(=O)O)C2C1=O. The van der Waals surface area contributed by atoms with Crippen LogP contribution in [0.5, 0.6) is 5.75 Å². The maximum atomic E-state index is 14.2. The van der Waals surface area contributed by atoms with Crippen LogP contribution in [0.3, 0.4) is 0 Å². The molecule has 4 unspecified atom stereocenters. The van der Waals surface area contributed by atoms with Crippen LogP contribution in [0.25, 0.3) is 10.8 Å². The van der Waals surface area contributed by atoms with E-state index in [0.29, 0.717) is 29.8 Å². The highest BCUT2D eigenvalue weighted by Gasteiger charge is 2.69. The Morgan fingerprint density at radius 3 is 2.19 bits per heavy atom. The molecular formula is C29H30N2O6. The number of imide groups is 1. The molecule has 8 nitrogen and oxygen atoms in total. The lowest BCUT2D eigenvalue weighted by Crippen LogP contribution is -2.58. The van der Waals surface area contributed by atoms with Gasteiger partial charge in [-0.1, -0.05) is 62.4 Å². The van der Waals surface area contributed by atoms with Gasteiger partial charge in [-0.05, 0) is 41.0 Å².